The molecule has 2 aromatic rings. The highest BCUT2D eigenvalue weighted by atomic mass is 127. The zero-order valence-corrected chi connectivity index (χ0v) is 22.6. The van der Waals surface area contributed by atoms with Crippen LogP contribution in [-0.4, -0.2) is 41.1 Å². The Kier molecular flexibility index (Phi) is 9.01. The van der Waals surface area contributed by atoms with E-state index in [0.29, 0.717) is 28.2 Å². The number of rotatable bonds is 9. The molecular weight excluding hydrogens is 565 g/mol. The molecule has 1 heterocycles. The van der Waals surface area contributed by atoms with Gasteiger partial charge in [-0.1, -0.05) is 24.6 Å². The summed E-state index contributed by atoms with van der Waals surface area (Å²) in [7, 11) is 0. The van der Waals surface area contributed by atoms with E-state index >= 15 is 0 Å². The van der Waals surface area contributed by atoms with Crippen LogP contribution in [0.3, 0.4) is 0 Å². The van der Waals surface area contributed by atoms with Crippen molar-refractivity contribution in [1.29, 1.82) is 0 Å². The van der Waals surface area contributed by atoms with Crippen molar-refractivity contribution in [1.82, 2.24) is 4.90 Å². The number of amides is 2. The van der Waals surface area contributed by atoms with Crippen molar-refractivity contribution < 1.29 is 19.1 Å². The second-order valence-electron chi connectivity index (χ2n) is 7.79. The number of benzene rings is 2. The third-order valence-corrected chi connectivity index (χ3v) is 6.90. The average molecular weight is 593 g/mol. The van der Waals surface area contributed by atoms with Gasteiger partial charge in [0, 0.05) is 6.04 Å². The number of aliphatic imine (C=N–C) groups is 1. The van der Waals surface area contributed by atoms with Gasteiger partial charge in [-0.05, 0) is 97.4 Å². The summed E-state index contributed by atoms with van der Waals surface area (Å²) in [6.07, 6.45) is 2.65. The van der Waals surface area contributed by atoms with Crippen LogP contribution in [0.25, 0.3) is 6.08 Å². The zero-order chi connectivity index (χ0) is 24.8. The number of amidine groups is 1. The maximum atomic E-state index is 13.4. The fourth-order valence-electron chi connectivity index (χ4n) is 3.23. The molecule has 0 unspecified atom stereocenters. The van der Waals surface area contributed by atoms with Crippen LogP contribution < -0.4 is 15.2 Å². The molecule has 0 aliphatic carbocycles. The molecule has 0 saturated carbocycles. The Morgan fingerprint density at radius 1 is 1.24 bits per heavy atom. The number of ether oxygens (including phenoxy) is 2. The molecule has 7 nitrogen and oxygen atoms in total. The molecule has 2 N–H and O–H groups in total. The topological polar surface area (TPSA) is 94.2 Å². The molecule has 0 aromatic heterocycles. The minimum absolute atomic E-state index is 0.0128. The van der Waals surface area contributed by atoms with E-state index in [1.807, 2.05) is 57.2 Å². The second-order valence-corrected chi connectivity index (χ2v) is 9.96. The molecule has 0 spiro atoms. The van der Waals surface area contributed by atoms with E-state index in [-0.39, 0.29) is 18.6 Å². The van der Waals surface area contributed by atoms with Crippen LogP contribution >= 0.6 is 34.4 Å². The standard InChI is InChI=1S/C25H28IN3O4S/c1-5-16(4)29-24(31)21(34-25(29)28-18-9-7-15(3)8-10-18)13-17-11-19(26)23(33-14-22(27)30)20(12-17)32-6-2/h7-13,16H,5-6,14H2,1-4H3,(H2,27,30)/b21-13+,28-25?/t16-/m1/s1. The Bertz CT molecular complexity index is 1130. The summed E-state index contributed by atoms with van der Waals surface area (Å²) in [6, 6.07) is 11.6. The number of aryl methyl sites for hydroxylation is 1. The van der Waals surface area contributed by atoms with Crippen molar-refractivity contribution in [2.75, 3.05) is 13.2 Å². The Morgan fingerprint density at radius 2 is 1.94 bits per heavy atom. The number of nitrogens with two attached hydrogens (primary N) is 1. The molecule has 0 radical (unpaired) electrons. The first-order valence-electron chi connectivity index (χ1n) is 11.0. The molecular formula is C25H28IN3O4S. The number of hydrogen-bond donors (Lipinski definition) is 1. The molecule has 3 rings (SSSR count). The second kappa shape index (κ2) is 11.7. The molecule has 2 amide bonds. The Morgan fingerprint density at radius 3 is 2.56 bits per heavy atom. The highest BCUT2D eigenvalue weighted by molar-refractivity contribution is 14.1. The minimum atomic E-state index is -0.567. The smallest absolute Gasteiger partial charge is 0.266 e. The summed E-state index contributed by atoms with van der Waals surface area (Å²) in [5.74, 6) is 0.303. The maximum Gasteiger partial charge on any atom is 0.266 e. The van der Waals surface area contributed by atoms with Gasteiger partial charge in [-0.3, -0.25) is 14.5 Å². The van der Waals surface area contributed by atoms with Crippen LogP contribution in [0.1, 0.15) is 38.3 Å². The average Bonchev–Trinajstić information content (AvgIpc) is 3.08. The van der Waals surface area contributed by atoms with Gasteiger partial charge < -0.3 is 15.2 Å². The molecule has 9 heteroatoms. The molecule has 1 aliphatic rings. The fourth-order valence-corrected chi connectivity index (χ4v) is 5.11. The van der Waals surface area contributed by atoms with Crippen LogP contribution in [0.4, 0.5) is 5.69 Å². The van der Waals surface area contributed by atoms with Crippen LogP contribution in [0.15, 0.2) is 46.3 Å². The summed E-state index contributed by atoms with van der Waals surface area (Å²) in [4.78, 5) is 31.6. The first-order chi connectivity index (χ1) is 16.2. The first kappa shape index (κ1) is 26.1. The first-order valence-corrected chi connectivity index (χ1v) is 12.9. The Labute approximate surface area is 217 Å². The Hall–Kier alpha value is -2.53. The lowest BCUT2D eigenvalue weighted by atomic mass is 10.1. The molecule has 34 heavy (non-hydrogen) atoms. The zero-order valence-electron chi connectivity index (χ0n) is 19.6. The summed E-state index contributed by atoms with van der Waals surface area (Å²) in [6.45, 7) is 8.14. The number of hydrogen-bond acceptors (Lipinski definition) is 6. The molecule has 1 aliphatic heterocycles. The van der Waals surface area contributed by atoms with Gasteiger partial charge in [-0.25, -0.2) is 4.99 Å². The van der Waals surface area contributed by atoms with Gasteiger partial charge in [0.1, 0.15) is 0 Å². The normalized spacial score (nSPS) is 16.9. The van der Waals surface area contributed by atoms with E-state index in [4.69, 9.17) is 20.2 Å². The SMILES string of the molecule is CCOc1cc(/C=C2/SC(=Nc3ccc(C)cc3)N([C@H](C)CC)C2=O)cc(I)c1OCC(N)=O. The summed E-state index contributed by atoms with van der Waals surface area (Å²) < 4.78 is 12.0. The predicted molar refractivity (Wildman–Crippen MR) is 145 cm³/mol. The van der Waals surface area contributed by atoms with Crippen LogP contribution in [0.5, 0.6) is 11.5 Å². The molecule has 2 aromatic carbocycles. The molecule has 1 fully saturated rings. The molecule has 1 saturated heterocycles. The van der Waals surface area contributed by atoms with Gasteiger partial charge in [-0.15, -0.1) is 0 Å². The maximum absolute atomic E-state index is 13.4. The summed E-state index contributed by atoms with van der Waals surface area (Å²) in [5.41, 5.74) is 7.97. The largest absolute Gasteiger partial charge is 0.490 e. The van der Waals surface area contributed by atoms with Gasteiger partial charge in [-0.2, -0.15) is 0 Å². The third kappa shape index (κ3) is 6.32. The summed E-state index contributed by atoms with van der Waals surface area (Å²) in [5, 5.41) is 0.663. The Balaban J connectivity index is 1.98. The third-order valence-electron chi connectivity index (χ3n) is 5.12. The van der Waals surface area contributed by atoms with Crippen molar-refractivity contribution in [3.8, 4) is 11.5 Å². The van der Waals surface area contributed by atoms with Crippen LogP contribution in [-0.2, 0) is 9.59 Å². The monoisotopic (exact) mass is 593 g/mol. The van der Waals surface area contributed by atoms with Crippen molar-refractivity contribution in [2.24, 2.45) is 10.7 Å². The lowest BCUT2D eigenvalue weighted by Gasteiger charge is -2.22. The van der Waals surface area contributed by atoms with Gasteiger partial charge in [0.25, 0.3) is 11.8 Å². The highest BCUT2D eigenvalue weighted by Crippen LogP contribution is 2.39. The van der Waals surface area contributed by atoms with Gasteiger partial charge in [0.2, 0.25) is 0 Å². The number of nitrogens with zero attached hydrogens (tertiary/aromatic N) is 2. The van der Waals surface area contributed by atoms with Gasteiger partial charge in [0.15, 0.2) is 23.3 Å². The van der Waals surface area contributed by atoms with Gasteiger partial charge >= 0.3 is 0 Å². The number of primary amides is 1. The van der Waals surface area contributed by atoms with Crippen molar-refractivity contribution >= 4 is 63.1 Å². The van der Waals surface area contributed by atoms with E-state index < -0.39 is 5.91 Å². The number of halogens is 1. The number of carbonyl (C=O) groups excluding carboxylic acids is 2. The van der Waals surface area contributed by atoms with Crippen LogP contribution in [0, 0.1) is 10.5 Å². The van der Waals surface area contributed by atoms with Crippen molar-refractivity contribution in [2.45, 2.75) is 40.2 Å². The van der Waals surface area contributed by atoms with E-state index in [0.717, 1.165) is 26.8 Å². The number of thioether (sulfide) groups is 1. The predicted octanol–water partition coefficient (Wildman–Crippen LogP) is 5.26. The van der Waals surface area contributed by atoms with Crippen molar-refractivity contribution in [3.63, 3.8) is 0 Å². The molecule has 0 bridgehead atoms. The van der Waals surface area contributed by atoms with E-state index in [1.54, 1.807) is 11.0 Å². The highest BCUT2D eigenvalue weighted by Gasteiger charge is 2.36. The van der Waals surface area contributed by atoms with E-state index in [1.165, 1.54) is 11.8 Å². The van der Waals surface area contributed by atoms with Crippen molar-refractivity contribution in [3.05, 3.63) is 56.0 Å². The van der Waals surface area contributed by atoms with E-state index in [9.17, 15) is 9.59 Å². The van der Waals surface area contributed by atoms with Crippen LogP contribution in [0.2, 0.25) is 0 Å². The van der Waals surface area contributed by atoms with E-state index in [2.05, 4.69) is 29.5 Å². The fraction of sp³-hybridized carbons (Fsp3) is 0.320. The lowest BCUT2D eigenvalue weighted by molar-refractivity contribution is -0.123. The lowest BCUT2D eigenvalue weighted by Crippen LogP contribution is -2.36. The number of carbonyl (C=O) groups is 2. The molecule has 180 valence electrons. The minimum Gasteiger partial charge on any atom is -0.490 e. The quantitative estimate of drug-likeness (QED) is 0.316. The molecule has 1 atom stereocenters. The summed E-state index contributed by atoms with van der Waals surface area (Å²) >= 11 is 3.48. The van der Waals surface area contributed by atoms with Gasteiger partial charge in [0.05, 0.1) is 20.8 Å².